The van der Waals surface area contributed by atoms with Crippen LogP contribution in [-0.4, -0.2) is 50.9 Å². The highest BCUT2D eigenvalue weighted by Gasteiger charge is 2.31. The van der Waals surface area contributed by atoms with Crippen molar-refractivity contribution in [2.24, 2.45) is 7.05 Å². The van der Waals surface area contributed by atoms with Gasteiger partial charge >= 0.3 is 0 Å². The van der Waals surface area contributed by atoms with Crippen molar-refractivity contribution in [1.82, 2.24) is 30.1 Å². The largest absolute Gasteiger partial charge is 0.341 e. The number of aromatic nitrogens is 4. The van der Waals surface area contributed by atoms with Crippen LogP contribution in [0.5, 0.6) is 0 Å². The summed E-state index contributed by atoms with van der Waals surface area (Å²) in [6.07, 6.45) is 5.29. The fourth-order valence-electron chi connectivity index (χ4n) is 3.03. The predicted octanol–water partition coefficient (Wildman–Crippen LogP) is 1.20. The molecule has 8 nitrogen and oxygen atoms in total. The summed E-state index contributed by atoms with van der Waals surface area (Å²) in [6, 6.07) is -0.356. The summed E-state index contributed by atoms with van der Waals surface area (Å²) >= 11 is 0. The quantitative estimate of drug-likeness (QED) is 0.887. The van der Waals surface area contributed by atoms with Crippen molar-refractivity contribution in [2.45, 2.75) is 31.7 Å². The number of rotatable bonds is 4. The number of likely N-dealkylation sites (N-methyl/N-ethyl adjacent to an activating group) is 1. The van der Waals surface area contributed by atoms with E-state index in [0.717, 1.165) is 18.4 Å². The molecule has 0 saturated carbocycles. The molecule has 24 heavy (non-hydrogen) atoms. The molecule has 1 fully saturated rings. The maximum Gasteiger partial charge on any atom is 0.244 e. The zero-order valence-electron chi connectivity index (χ0n) is 14.1. The Morgan fingerprint density at radius 3 is 2.62 bits per heavy atom. The lowest BCUT2D eigenvalue weighted by atomic mass is 9.96. The molecular weight excluding hydrogens is 332 g/mol. The minimum absolute atomic E-state index is 0. The van der Waals surface area contributed by atoms with Gasteiger partial charge in [0.15, 0.2) is 5.82 Å². The molecule has 0 aromatic carbocycles. The number of likely N-dealkylation sites (tertiary alicyclic amines) is 1. The van der Waals surface area contributed by atoms with Crippen LogP contribution >= 0.6 is 12.4 Å². The second kappa shape index (κ2) is 7.76. The van der Waals surface area contributed by atoms with Crippen molar-refractivity contribution in [2.75, 3.05) is 20.1 Å². The number of halogens is 1. The van der Waals surface area contributed by atoms with Gasteiger partial charge in [0.2, 0.25) is 11.8 Å². The SMILES string of the molecule is CNC(C(=O)N1CCC(c2nc(C)no2)CC1)c1cnn(C)c1.Cl. The first-order chi connectivity index (χ1) is 11.1. The molecule has 0 bridgehead atoms. The number of hydrogen-bond acceptors (Lipinski definition) is 6. The smallest absolute Gasteiger partial charge is 0.244 e. The Morgan fingerprint density at radius 1 is 1.42 bits per heavy atom. The molecule has 9 heteroatoms. The highest BCUT2D eigenvalue weighted by Crippen LogP contribution is 2.28. The third-order valence-corrected chi connectivity index (χ3v) is 4.29. The third kappa shape index (κ3) is 3.76. The molecule has 1 unspecified atom stereocenters. The summed E-state index contributed by atoms with van der Waals surface area (Å²) in [6.45, 7) is 3.21. The fourth-order valence-corrected chi connectivity index (χ4v) is 3.03. The van der Waals surface area contributed by atoms with Crippen LogP contribution in [0.2, 0.25) is 0 Å². The highest BCUT2D eigenvalue weighted by molar-refractivity contribution is 5.85. The van der Waals surface area contributed by atoms with Gasteiger partial charge in [-0.3, -0.25) is 9.48 Å². The molecule has 1 saturated heterocycles. The van der Waals surface area contributed by atoms with Gasteiger partial charge in [-0.1, -0.05) is 5.16 Å². The molecule has 0 spiro atoms. The number of nitrogens with zero attached hydrogens (tertiary/aromatic N) is 5. The first-order valence-corrected chi connectivity index (χ1v) is 7.83. The highest BCUT2D eigenvalue weighted by atomic mass is 35.5. The van der Waals surface area contributed by atoms with E-state index in [1.54, 1.807) is 17.9 Å². The van der Waals surface area contributed by atoms with Gasteiger partial charge in [0, 0.05) is 37.8 Å². The van der Waals surface area contributed by atoms with E-state index >= 15 is 0 Å². The normalized spacial score (nSPS) is 16.7. The van der Waals surface area contributed by atoms with Gasteiger partial charge < -0.3 is 14.7 Å². The van der Waals surface area contributed by atoms with Gasteiger partial charge in [0.05, 0.1) is 6.20 Å². The first kappa shape index (κ1) is 18.4. The Labute approximate surface area is 147 Å². The summed E-state index contributed by atoms with van der Waals surface area (Å²) in [5.41, 5.74) is 0.884. The third-order valence-electron chi connectivity index (χ3n) is 4.29. The van der Waals surface area contributed by atoms with Gasteiger partial charge in [-0.15, -0.1) is 12.4 Å². The van der Waals surface area contributed by atoms with Gasteiger partial charge in [-0.05, 0) is 26.8 Å². The van der Waals surface area contributed by atoms with Crippen LogP contribution < -0.4 is 5.32 Å². The zero-order chi connectivity index (χ0) is 16.4. The Balaban J connectivity index is 0.00000208. The van der Waals surface area contributed by atoms with Crippen LogP contribution in [0.3, 0.4) is 0 Å². The van der Waals surface area contributed by atoms with Gasteiger partial charge in [0.1, 0.15) is 6.04 Å². The average molecular weight is 355 g/mol. The number of nitrogens with one attached hydrogen (secondary N) is 1. The van der Waals surface area contributed by atoms with Crippen LogP contribution in [0.1, 0.15) is 42.1 Å². The molecule has 1 aliphatic heterocycles. The van der Waals surface area contributed by atoms with Crippen LogP contribution in [0.15, 0.2) is 16.9 Å². The van der Waals surface area contributed by atoms with Crippen LogP contribution in [0.25, 0.3) is 0 Å². The van der Waals surface area contributed by atoms with Crippen molar-refractivity contribution in [1.29, 1.82) is 0 Å². The van der Waals surface area contributed by atoms with Crippen molar-refractivity contribution in [3.05, 3.63) is 29.7 Å². The standard InChI is InChI=1S/C15H22N6O2.ClH/c1-10-18-14(23-19-10)11-4-6-21(7-5-11)15(22)13(16-2)12-8-17-20(3)9-12;/h8-9,11,13,16H,4-7H2,1-3H3;1H. The summed E-state index contributed by atoms with van der Waals surface area (Å²) in [7, 11) is 3.64. The maximum atomic E-state index is 12.8. The van der Waals surface area contributed by atoms with Gasteiger partial charge in [-0.2, -0.15) is 10.1 Å². The Kier molecular flexibility index (Phi) is 5.95. The average Bonchev–Trinajstić information content (AvgIpc) is 3.17. The number of carbonyl (C=O) groups excluding carboxylic acids is 1. The van der Waals surface area contributed by atoms with E-state index in [2.05, 4.69) is 20.6 Å². The van der Waals surface area contributed by atoms with E-state index in [1.165, 1.54) is 0 Å². The lowest BCUT2D eigenvalue weighted by Gasteiger charge is -2.32. The summed E-state index contributed by atoms with van der Waals surface area (Å²) in [5, 5.41) is 11.1. The Morgan fingerprint density at radius 2 is 2.12 bits per heavy atom. The van der Waals surface area contributed by atoms with E-state index in [0.29, 0.717) is 24.8 Å². The lowest BCUT2D eigenvalue weighted by Crippen LogP contribution is -2.43. The molecular formula is C15H23ClN6O2. The Hall–Kier alpha value is -1.93. The van der Waals surface area contributed by atoms with E-state index in [-0.39, 0.29) is 30.3 Å². The second-order valence-corrected chi connectivity index (χ2v) is 5.95. The molecule has 1 aliphatic rings. The number of piperidine rings is 1. The number of aryl methyl sites for hydroxylation is 2. The van der Waals surface area contributed by atoms with Crippen molar-refractivity contribution >= 4 is 18.3 Å². The molecule has 132 valence electrons. The van der Waals surface area contributed by atoms with Gasteiger partial charge in [0.25, 0.3) is 0 Å². The minimum Gasteiger partial charge on any atom is -0.341 e. The fraction of sp³-hybridized carbons (Fsp3) is 0.600. The van der Waals surface area contributed by atoms with Gasteiger partial charge in [-0.25, -0.2) is 0 Å². The van der Waals surface area contributed by atoms with Crippen molar-refractivity contribution in [3.63, 3.8) is 0 Å². The molecule has 2 aromatic heterocycles. The molecule has 0 radical (unpaired) electrons. The van der Waals surface area contributed by atoms with E-state index in [1.807, 2.05) is 25.1 Å². The number of carbonyl (C=O) groups is 1. The first-order valence-electron chi connectivity index (χ1n) is 7.83. The Bertz CT molecular complexity index is 677. The maximum absolute atomic E-state index is 12.8. The molecule has 1 N–H and O–H groups in total. The van der Waals surface area contributed by atoms with Crippen molar-refractivity contribution in [3.8, 4) is 0 Å². The van der Waals surface area contributed by atoms with E-state index in [9.17, 15) is 4.79 Å². The van der Waals surface area contributed by atoms with Crippen molar-refractivity contribution < 1.29 is 9.32 Å². The predicted molar refractivity (Wildman–Crippen MR) is 89.8 cm³/mol. The summed E-state index contributed by atoms with van der Waals surface area (Å²) < 4.78 is 6.96. The number of hydrogen-bond donors (Lipinski definition) is 1. The summed E-state index contributed by atoms with van der Waals surface area (Å²) in [4.78, 5) is 19.0. The topological polar surface area (TPSA) is 89.1 Å². The second-order valence-electron chi connectivity index (χ2n) is 5.95. The molecule has 0 aliphatic carbocycles. The summed E-state index contributed by atoms with van der Waals surface area (Å²) in [5.74, 6) is 1.67. The van der Waals surface area contributed by atoms with Crippen LogP contribution in [-0.2, 0) is 11.8 Å². The minimum atomic E-state index is -0.356. The van der Waals surface area contributed by atoms with E-state index in [4.69, 9.17) is 4.52 Å². The molecule has 3 heterocycles. The lowest BCUT2D eigenvalue weighted by molar-refractivity contribution is -0.134. The number of amides is 1. The monoisotopic (exact) mass is 354 g/mol. The molecule has 1 atom stereocenters. The molecule has 3 rings (SSSR count). The molecule has 1 amide bonds. The zero-order valence-corrected chi connectivity index (χ0v) is 14.9. The molecule has 2 aromatic rings. The van der Waals surface area contributed by atoms with E-state index < -0.39 is 0 Å². The van der Waals surface area contributed by atoms with Crippen LogP contribution in [0.4, 0.5) is 0 Å². The van der Waals surface area contributed by atoms with Crippen LogP contribution in [0, 0.1) is 6.92 Å².